The van der Waals surface area contributed by atoms with Crippen molar-refractivity contribution in [2.75, 3.05) is 13.2 Å². The number of ether oxygens (including phenoxy) is 2. The molecule has 0 radical (unpaired) electrons. The van der Waals surface area contributed by atoms with Crippen LogP contribution in [0.5, 0.6) is 11.5 Å². The molecular weight excluding hydrogens is 439 g/mol. The predicted molar refractivity (Wildman–Crippen MR) is 120 cm³/mol. The largest absolute Gasteiger partial charge is 0.454 e. The van der Waals surface area contributed by atoms with Crippen LogP contribution in [0.2, 0.25) is 0 Å². The number of nitrogens with one attached hydrogen (secondary N) is 1. The Hall–Kier alpha value is -2.65. The van der Waals surface area contributed by atoms with E-state index in [2.05, 4.69) is 5.32 Å². The highest BCUT2D eigenvalue weighted by Crippen LogP contribution is 2.29. The monoisotopic (exact) mass is 460 g/mol. The fraction of sp³-hybridized carbons (Fsp3) is 0.318. The number of halogens is 1. The smallest absolute Gasteiger partial charge is 0.410 e. The van der Waals surface area contributed by atoms with E-state index in [0.717, 1.165) is 5.56 Å². The van der Waals surface area contributed by atoms with E-state index >= 15 is 0 Å². The lowest BCUT2D eigenvalue weighted by atomic mass is 10.1. The molecule has 9 heteroatoms. The molecule has 1 N–H and O–H groups in total. The second-order valence-electron chi connectivity index (χ2n) is 7.32. The van der Waals surface area contributed by atoms with Gasteiger partial charge in [-0.25, -0.2) is 9.18 Å². The molecule has 31 heavy (non-hydrogen) atoms. The Kier molecular flexibility index (Phi) is 6.43. The summed E-state index contributed by atoms with van der Waals surface area (Å²) in [5.41, 5.74) is 1.74. The summed E-state index contributed by atoms with van der Waals surface area (Å²) in [6, 6.07) is 12.1. The molecule has 2 heterocycles. The molecule has 2 fully saturated rings. The van der Waals surface area contributed by atoms with Gasteiger partial charge in [0.15, 0.2) is 11.6 Å². The van der Waals surface area contributed by atoms with Crippen LogP contribution in [-0.2, 0) is 22.4 Å². The van der Waals surface area contributed by atoms with Gasteiger partial charge in [0, 0.05) is 6.54 Å². The van der Waals surface area contributed by atoms with Crippen LogP contribution in [0.4, 0.5) is 9.18 Å². The van der Waals surface area contributed by atoms with Crippen molar-refractivity contribution in [3.8, 4) is 11.5 Å². The van der Waals surface area contributed by atoms with Gasteiger partial charge in [0.2, 0.25) is 5.91 Å². The molecule has 2 amide bonds. The standard InChI is InChI=1S/C22H21FN2O4S2/c1-2-25-15(12-28-22(25)27)9-13-3-6-16(7-4-13)29-18-8-5-14(10-17(18)23)11-19-20(26)24-21(30)31-19/h3-8,10,15,19H,2,9,11-12H2,1H3,(H,24,26,30). The summed E-state index contributed by atoms with van der Waals surface area (Å²) >= 11 is 6.27. The van der Waals surface area contributed by atoms with Crippen LogP contribution < -0.4 is 10.1 Å². The first-order chi connectivity index (χ1) is 14.9. The molecule has 2 aliphatic heterocycles. The molecule has 4 rings (SSSR count). The van der Waals surface area contributed by atoms with Gasteiger partial charge in [-0.1, -0.05) is 42.2 Å². The van der Waals surface area contributed by atoms with E-state index in [1.54, 1.807) is 29.2 Å². The quantitative estimate of drug-likeness (QED) is 0.629. The first-order valence-electron chi connectivity index (χ1n) is 9.93. The highest BCUT2D eigenvalue weighted by molar-refractivity contribution is 8.24. The molecule has 0 bridgehead atoms. The minimum atomic E-state index is -0.493. The van der Waals surface area contributed by atoms with Gasteiger partial charge in [-0.15, -0.1) is 0 Å². The van der Waals surface area contributed by atoms with Crippen molar-refractivity contribution in [1.82, 2.24) is 10.2 Å². The van der Waals surface area contributed by atoms with Crippen molar-refractivity contribution < 1.29 is 23.5 Å². The number of benzene rings is 2. The van der Waals surface area contributed by atoms with Crippen LogP contribution in [-0.4, -0.2) is 45.7 Å². The number of thioether (sulfide) groups is 1. The van der Waals surface area contributed by atoms with Crippen molar-refractivity contribution >= 4 is 40.3 Å². The zero-order valence-corrected chi connectivity index (χ0v) is 18.4. The SMILES string of the molecule is CCN1C(=O)OCC1Cc1ccc(Oc2ccc(CC3SC(=S)NC3=O)cc2F)cc1. The van der Waals surface area contributed by atoms with Crippen molar-refractivity contribution in [3.63, 3.8) is 0 Å². The first-order valence-corrected chi connectivity index (χ1v) is 11.2. The van der Waals surface area contributed by atoms with Crippen LogP contribution >= 0.6 is 24.0 Å². The van der Waals surface area contributed by atoms with Gasteiger partial charge in [-0.05, 0) is 55.2 Å². The first kappa shape index (κ1) is 21.6. The number of hydrogen-bond donors (Lipinski definition) is 1. The van der Waals surface area contributed by atoms with E-state index in [-0.39, 0.29) is 29.0 Å². The maximum atomic E-state index is 14.5. The summed E-state index contributed by atoms with van der Waals surface area (Å²) < 4.78 is 25.8. The van der Waals surface area contributed by atoms with Crippen molar-refractivity contribution in [2.24, 2.45) is 0 Å². The Balaban J connectivity index is 1.37. The van der Waals surface area contributed by atoms with E-state index in [0.29, 0.717) is 41.6 Å². The number of nitrogens with zero attached hydrogens (tertiary/aromatic N) is 1. The molecule has 0 aliphatic carbocycles. The highest BCUT2D eigenvalue weighted by atomic mass is 32.2. The maximum absolute atomic E-state index is 14.5. The van der Waals surface area contributed by atoms with Gasteiger partial charge in [0.05, 0.1) is 11.3 Å². The molecule has 0 saturated carbocycles. The lowest BCUT2D eigenvalue weighted by Gasteiger charge is -2.19. The Morgan fingerprint density at radius 2 is 1.94 bits per heavy atom. The Bertz CT molecular complexity index is 1020. The molecule has 6 nitrogen and oxygen atoms in total. The van der Waals surface area contributed by atoms with Crippen LogP contribution in [0.15, 0.2) is 42.5 Å². The number of rotatable bonds is 7. The maximum Gasteiger partial charge on any atom is 0.410 e. The van der Waals surface area contributed by atoms with Crippen molar-refractivity contribution in [1.29, 1.82) is 0 Å². The zero-order valence-electron chi connectivity index (χ0n) is 16.8. The van der Waals surface area contributed by atoms with Crippen LogP contribution in [0.1, 0.15) is 18.1 Å². The third-order valence-electron chi connectivity index (χ3n) is 5.22. The van der Waals surface area contributed by atoms with Crippen LogP contribution in [0.25, 0.3) is 0 Å². The number of cyclic esters (lactones) is 1. The van der Waals surface area contributed by atoms with Crippen molar-refractivity contribution in [3.05, 3.63) is 59.4 Å². The second-order valence-corrected chi connectivity index (χ2v) is 9.20. The van der Waals surface area contributed by atoms with Gasteiger partial charge in [-0.2, -0.15) is 0 Å². The lowest BCUT2D eigenvalue weighted by molar-refractivity contribution is -0.118. The molecule has 0 spiro atoms. The molecule has 0 aromatic heterocycles. The molecule has 2 aromatic carbocycles. The molecule has 2 saturated heterocycles. The number of carbonyl (C=O) groups is 2. The second kappa shape index (κ2) is 9.23. The highest BCUT2D eigenvalue weighted by Gasteiger charge is 2.31. The third kappa shape index (κ3) is 4.99. The zero-order chi connectivity index (χ0) is 22.0. The van der Waals surface area contributed by atoms with Crippen LogP contribution in [0, 0.1) is 5.82 Å². The predicted octanol–water partition coefficient (Wildman–Crippen LogP) is 4.06. The van der Waals surface area contributed by atoms with E-state index in [1.165, 1.54) is 17.8 Å². The average Bonchev–Trinajstić information content (AvgIpc) is 3.25. The summed E-state index contributed by atoms with van der Waals surface area (Å²) in [7, 11) is 0. The number of amides is 2. The number of carbonyl (C=O) groups excluding carboxylic acids is 2. The molecule has 162 valence electrons. The third-order valence-corrected chi connectivity index (χ3v) is 6.59. The molecule has 2 atom stereocenters. The Morgan fingerprint density at radius 1 is 1.19 bits per heavy atom. The fourth-order valence-corrected chi connectivity index (χ4v) is 4.94. The minimum Gasteiger partial charge on any atom is -0.454 e. The summed E-state index contributed by atoms with van der Waals surface area (Å²) in [5.74, 6) is -0.0146. The molecule has 2 aromatic rings. The van der Waals surface area contributed by atoms with E-state index in [1.807, 2.05) is 19.1 Å². The normalized spacial score (nSPS) is 20.7. The molecule has 2 aliphatic rings. The minimum absolute atomic E-state index is 0.0173. The molecular formula is C22H21FN2O4S2. The van der Waals surface area contributed by atoms with E-state index < -0.39 is 5.82 Å². The van der Waals surface area contributed by atoms with Gasteiger partial charge in [0.1, 0.15) is 16.7 Å². The summed E-state index contributed by atoms with van der Waals surface area (Å²) in [4.78, 5) is 25.2. The van der Waals surface area contributed by atoms with E-state index in [4.69, 9.17) is 21.7 Å². The van der Waals surface area contributed by atoms with Crippen molar-refractivity contribution in [2.45, 2.75) is 31.1 Å². The summed E-state index contributed by atoms with van der Waals surface area (Å²) in [6.45, 7) is 2.92. The number of thiocarbonyl (C=S) groups is 1. The van der Waals surface area contributed by atoms with Gasteiger partial charge in [0.25, 0.3) is 0 Å². The summed E-state index contributed by atoms with van der Waals surface area (Å²) in [5, 5.41) is 2.25. The lowest BCUT2D eigenvalue weighted by Crippen LogP contribution is -2.34. The van der Waals surface area contributed by atoms with Gasteiger partial charge in [-0.3, -0.25) is 4.79 Å². The van der Waals surface area contributed by atoms with E-state index in [9.17, 15) is 14.0 Å². The molecule has 2 unspecified atom stereocenters. The Labute approximate surface area is 189 Å². The fourth-order valence-electron chi connectivity index (χ4n) is 3.63. The van der Waals surface area contributed by atoms with Gasteiger partial charge < -0.3 is 19.7 Å². The van der Waals surface area contributed by atoms with Crippen LogP contribution in [0.3, 0.4) is 0 Å². The number of hydrogen-bond acceptors (Lipinski definition) is 6. The topological polar surface area (TPSA) is 67.9 Å². The Morgan fingerprint density at radius 3 is 2.58 bits per heavy atom. The van der Waals surface area contributed by atoms with Gasteiger partial charge >= 0.3 is 6.09 Å². The number of likely N-dealkylation sites (N-methyl/N-ethyl adjacent to an activating group) is 1. The summed E-state index contributed by atoms with van der Waals surface area (Å²) in [6.07, 6.45) is 0.797. The average molecular weight is 461 g/mol.